The molecule has 2 aromatic carbocycles. The topological polar surface area (TPSA) is 32.3 Å². The average molecular weight is 494 g/mol. The first-order valence-electron chi connectivity index (χ1n) is 11.6. The van der Waals surface area contributed by atoms with Crippen LogP contribution in [0.25, 0.3) is 0 Å². The van der Waals surface area contributed by atoms with Gasteiger partial charge in [0.05, 0.1) is 0 Å². The first kappa shape index (κ1) is 23.7. The van der Waals surface area contributed by atoms with Crippen molar-refractivity contribution >= 4 is 46.5 Å². The molecule has 172 valence electrons. The zero-order chi connectivity index (χ0) is 22.8. The van der Waals surface area contributed by atoms with Crippen LogP contribution in [0.5, 0.6) is 0 Å². The number of halogens is 3. The van der Waals surface area contributed by atoms with E-state index in [0.29, 0.717) is 22.8 Å². The first-order chi connectivity index (χ1) is 15.4. The largest absolute Gasteiger partial charge is 0.324 e. The van der Waals surface area contributed by atoms with Crippen LogP contribution in [-0.2, 0) is 12.8 Å². The lowest BCUT2D eigenvalue weighted by Crippen LogP contribution is -2.38. The lowest BCUT2D eigenvalue weighted by atomic mass is 9.84. The van der Waals surface area contributed by atoms with Crippen LogP contribution in [0.2, 0.25) is 15.1 Å². The Morgan fingerprint density at radius 3 is 2.44 bits per heavy atom. The summed E-state index contributed by atoms with van der Waals surface area (Å²) in [5, 5.41) is 5.27. The van der Waals surface area contributed by atoms with E-state index < -0.39 is 0 Å². The van der Waals surface area contributed by atoms with Gasteiger partial charge in [-0.2, -0.15) is 0 Å². The maximum absolute atomic E-state index is 13.0. The predicted molar refractivity (Wildman–Crippen MR) is 135 cm³/mol. The van der Waals surface area contributed by atoms with Crippen LogP contribution in [0.15, 0.2) is 30.3 Å². The van der Waals surface area contributed by atoms with Crippen molar-refractivity contribution in [2.45, 2.75) is 52.4 Å². The van der Waals surface area contributed by atoms with Crippen LogP contribution >= 0.6 is 34.8 Å². The number of benzene rings is 2. The number of anilines is 1. The van der Waals surface area contributed by atoms with E-state index in [1.165, 1.54) is 18.4 Å². The molecule has 1 heterocycles. The van der Waals surface area contributed by atoms with E-state index in [-0.39, 0.29) is 6.03 Å². The Bertz CT molecular complexity index is 970. The summed E-state index contributed by atoms with van der Waals surface area (Å²) in [5.41, 5.74) is 4.00. The molecule has 0 aromatic heterocycles. The normalized spacial score (nSPS) is 22.7. The summed E-state index contributed by atoms with van der Waals surface area (Å²) in [5.74, 6) is 1.81. The lowest BCUT2D eigenvalue weighted by Gasteiger charge is -2.26. The van der Waals surface area contributed by atoms with E-state index in [9.17, 15) is 4.79 Å². The summed E-state index contributed by atoms with van der Waals surface area (Å²) in [6, 6.07) is 9.73. The third-order valence-electron chi connectivity index (χ3n) is 7.39. The molecule has 4 rings (SSSR count). The summed E-state index contributed by atoms with van der Waals surface area (Å²) >= 11 is 19.3. The van der Waals surface area contributed by atoms with Gasteiger partial charge in [-0.1, -0.05) is 47.8 Å². The standard InChI is InChI=1S/C26H31Cl3N2O/c1-3-17-12-24(28)22(25(29)13-17)9-8-21-18-5-6-19(21)15-31(11-10-18)26(32)30-20-7-4-16(2)23(27)14-20/h4,7,12-14,18-19,21H,3,5-6,8-11,15H2,1-2H3,(H,30,32). The third-order valence-corrected chi connectivity index (χ3v) is 8.47. The number of urea groups is 1. The van der Waals surface area contributed by atoms with Gasteiger partial charge in [-0.3, -0.25) is 0 Å². The van der Waals surface area contributed by atoms with Crippen LogP contribution < -0.4 is 5.32 Å². The molecule has 3 atom stereocenters. The zero-order valence-corrected chi connectivity index (χ0v) is 21.0. The highest BCUT2D eigenvalue weighted by atomic mass is 35.5. The number of carbonyl (C=O) groups excluding carboxylic acids is 1. The van der Waals surface area contributed by atoms with Crippen molar-refractivity contribution < 1.29 is 4.79 Å². The van der Waals surface area contributed by atoms with Crippen molar-refractivity contribution in [3.05, 3.63) is 62.1 Å². The zero-order valence-electron chi connectivity index (χ0n) is 18.8. The molecule has 1 saturated heterocycles. The number of rotatable bonds is 5. The fourth-order valence-corrected chi connectivity index (χ4v) is 6.36. The van der Waals surface area contributed by atoms with E-state index in [0.717, 1.165) is 65.6 Å². The third kappa shape index (κ3) is 5.21. The second kappa shape index (κ2) is 10.2. The molecule has 2 bridgehead atoms. The lowest BCUT2D eigenvalue weighted by molar-refractivity contribution is 0.199. The van der Waals surface area contributed by atoms with E-state index in [1.807, 2.05) is 42.2 Å². The molecule has 2 fully saturated rings. The highest BCUT2D eigenvalue weighted by Gasteiger charge is 2.40. The molecule has 3 unspecified atom stereocenters. The van der Waals surface area contributed by atoms with Crippen LogP contribution in [0.3, 0.4) is 0 Å². The Kier molecular flexibility index (Phi) is 7.59. The van der Waals surface area contributed by atoms with Crippen LogP contribution in [0, 0.1) is 24.7 Å². The summed E-state index contributed by atoms with van der Waals surface area (Å²) in [6.45, 7) is 5.68. The Morgan fingerprint density at radius 2 is 1.75 bits per heavy atom. The van der Waals surface area contributed by atoms with Crippen molar-refractivity contribution in [3.8, 4) is 0 Å². The fourth-order valence-electron chi connectivity index (χ4n) is 5.46. The number of fused-ring (bicyclic) bond motifs is 2. The SMILES string of the molecule is CCc1cc(Cl)c(CCC2C3CCC2CN(C(=O)Nc2ccc(C)c(Cl)c2)CC3)c(Cl)c1. The summed E-state index contributed by atoms with van der Waals surface area (Å²) in [6.07, 6.45) is 6.40. The van der Waals surface area contributed by atoms with E-state index in [1.54, 1.807) is 0 Å². The second-order valence-corrected chi connectivity index (χ2v) is 10.5. The van der Waals surface area contributed by atoms with Gasteiger partial charge >= 0.3 is 6.03 Å². The average Bonchev–Trinajstić information content (AvgIpc) is 3.02. The smallest absolute Gasteiger partial charge is 0.321 e. The molecular formula is C26H31Cl3N2O. The molecule has 2 amide bonds. The number of amides is 2. The minimum absolute atomic E-state index is 0.0301. The minimum Gasteiger partial charge on any atom is -0.324 e. The Labute approximate surface area is 206 Å². The quantitative estimate of drug-likeness (QED) is 0.449. The monoisotopic (exact) mass is 492 g/mol. The van der Waals surface area contributed by atoms with Crippen molar-refractivity contribution in [1.29, 1.82) is 0 Å². The second-order valence-electron chi connectivity index (χ2n) is 9.32. The summed E-state index contributed by atoms with van der Waals surface area (Å²) in [4.78, 5) is 15.0. The Hall–Kier alpha value is -1.42. The van der Waals surface area contributed by atoms with Crippen molar-refractivity contribution in [2.75, 3.05) is 18.4 Å². The predicted octanol–water partition coefficient (Wildman–Crippen LogP) is 8.03. The highest BCUT2D eigenvalue weighted by molar-refractivity contribution is 6.36. The van der Waals surface area contributed by atoms with Gasteiger partial charge in [-0.15, -0.1) is 0 Å². The number of aryl methyl sites for hydroxylation is 2. The number of carbonyl (C=O) groups is 1. The molecule has 2 aromatic rings. The van der Waals surface area contributed by atoms with Gasteiger partial charge in [0.1, 0.15) is 0 Å². The maximum Gasteiger partial charge on any atom is 0.321 e. The van der Waals surface area contributed by atoms with Crippen molar-refractivity contribution in [3.63, 3.8) is 0 Å². The molecular weight excluding hydrogens is 463 g/mol. The highest BCUT2D eigenvalue weighted by Crippen LogP contribution is 2.45. The van der Waals surface area contributed by atoms with Crippen LogP contribution in [0.1, 0.15) is 49.3 Å². The van der Waals surface area contributed by atoms with Crippen molar-refractivity contribution in [2.24, 2.45) is 17.8 Å². The summed E-state index contributed by atoms with van der Waals surface area (Å²) in [7, 11) is 0. The Morgan fingerprint density at radius 1 is 1.03 bits per heavy atom. The van der Waals surface area contributed by atoms with Gasteiger partial charge in [-0.25, -0.2) is 4.79 Å². The van der Waals surface area contributed by atoms with Gasteiger partial charge in [0.2, 0.25) is 0 Å². The first-order valence-corrected chi connectivity index (χ1v) is 12.8. The van der Waals surface area contributed by atoms with Crippen LogP contribution in [-0.4, -0.2) is 24.0 Å². The fraction of sp³-hybridized carbons (Fsp3) is 0.500. The maximum atomic E-state index is 13.0. The molecule has 3 nitrogen and oxygen atoms in total. The molecule has 6 heteroatoms. The van der Waals surface area contributed by atoms with Crippen molar-refractivity contribution in [1.82, 2.24) is 4.90 Å². The van der Waals surface area contributed by atoms with Gasteiger partial charge in [0.15, 0.2) is 0 Å². The van der Waals surface area contributed by atoms with E-state index in [4.69, 9.17) is 34.8 Å². The number of nitrogens with zero attached hydrogens (tertiary/aromatic N) is 1. The minimum atomic E-state index is -0.0301. The Balaban J connectivity index is 1.40. The van der Waals surface area contributed by atoms with Crippen LogP contribution in [0.4, 0.5) is 10.5 Å². The number of hydrogen-bond acceptors (Lipinski definition) is 1. The molecule has 0 radical (unpaired) electrons. The summed E-state index contributed by atoms with van der Waals surface area (Å²) < 4.78 is 0. The van der Waals surface area contributed by atoms with E-state index in [2.05, 4.69) is 12.2 Å². The molecule has 32 heavy (non-hydrogen) atoms. The van der Waals surface area contributed by atoms with Gasteiger partial charge < -0.3 is 10.2 Å². The molecule has 1 aliphatic carbocycles. The van der Waals surface area contributed by atoms with Gasteiger partial charge in [-0.05, 0) is 104 Å². The molecule has 0 spiro atoms. The molecule has 2 aliphatic rings. The van der Waals surface area contributed by atoms with E-state index >= 15 is 0 Å². The molecule has 1 N–H and O–H groups in total. The van der Waals surface area contributed by atoms with Gasteiger partial charge in [0, 0.05) is 33.8 Å². The number of nitrogens with one attached hydrogen (secondary N) is 1. The molecule has 1 aliphatic heterocycles. The van der Waals surface area contributed by atoms with Gasteiger partial charge in [0.25, 0.3) is 0 Å². The number of likely N-dealkylation sites (tertiary alicyclic amines) is 1. The molecule has 1 saturated carbocycles. The number of hydrogen-bond donors (Lipinski definition) is 1.